The second kappa shape index (κ2) is 9.12. The molecule has 0 spiro atoms. The van der Waals surface area contributed by atoms with Crippen LogP contribution in [-0.4, -0.2) is 31.1 Å². The Kier molecular flexibility index (Phi) is 6.59. The molecule has 2 aliphatic heterocycles. The van der Waals surface area contributed by atoms with Gasteiger partial charge in [0.2, 0.25) is 5.91 Å². The van der Waals surface area contributed by atoms with Crippen LogP contribution >= 0.6 is 27.5 Å². The normalized spacial score (nSPS) is 17.2. The Morgan fingerprint density at radius 3 is 2.46 bits per heavy atom. The minimum absolute atomic E-state index is 0.200. The van der Waals surface area contributed by atoms with E-state index in [1.165, 1.54) is 0 Å². The van der Waals surface area contributed by atoms with Crippen molar-refractivity contribution in [3.63, 3.8) is 0 Å². The third-order valence-electron chi connectivity index (χ3n) is 4.11. The monoisotopic (exact) mass is 464 g/mol. The van der Waals surface area contributed by atoms with E-state index in [0.29, 0.717) is 33.2 Å². The van der Waals surface area contributed by atoms with Crippen molar-refractivity contribution < 1.29 is 19.1 Å². The lowest BCUT2D eigenvalue weighted by Gasteiger charge is -2.18. The minimum Gasteiger partial charge on any atom is -0.489 e. The van der Waals surface area contributed by atoms with E-state index in [0.717, 1.165) is 5.56 Å². The van der Waals surface area contributed by atoms with E-state index in [4.69, 9.17) is 26.8 Å². The summed E-state index contributed by atoms with van der Waals surface area (Å²) in [5.41, 5.74) is 6.54. The van der Waals surface area contributed by atoms with Crippen LogP contribution in [0.1, 0.15) is 15.9 Å². The van der Waals surface area contributed by atoms with Gasteiger partial charge >= 0.3 is 0 Å². The van der Waals surface area contributed by atoms with Crippen molar-refractivity contribution in [1.82, 2.24) is 5.32 Å². The standard InChI is InChI=1S/C20H18BrClN2O4/c21-13-4-6-17-14(11-13)20(26)24-16(19(23)25)10-12-3-5-18(15(22)9-12)28-8-2-1-7-27-17/h1-6,9,11,16H,7-8,10H2,(H2,23,25)(H,24,26). The first-order valence-corrected chi connectivity index (χ1v) is 9.70. The van der Waals surface area contributed by atoms with Crippen molar-refractivity contribution in [2.75, 3.05) is 13.2 Å². The van der Waals surface area contributed by atoms with Crippen LogP contribution in [-0.2, 0) is 11.2 Å². The smallest absolute Gasteiger partial charge is 0.255 e. The van der Waals surface area contributed by atoms with E-state index in [2.05, 4.69) is 21.2 Å². The summed E-state index contributed by atoms with van der Waals surface area (Å²) in [7, 11) is 0. The van der Waals surface area contributed by atoms with Crippen LogP contribution in [0.4, 0.5) is 0 Å². The molecule has 2 aliphatic rings. The van der Waals surface area contributed by atoms with Crippen LogP contribution in [0.25, 0.3) is 0 Å². The van der Waals surface area contributed by atoms with Gasteiger partial charge in [0.15, 0.2) is 0 Å². The van der Waals surface area contributed by atoms with Crippen molar-refractivity contribution in [3.8, 4) is 11.5 Å². The number of amides is 2. The Morgan fingerprint density at radius 1 is 1.11 bits per heavy atom. The third-order valence-corrected chi connectivity index (χ3v) is 4.90. The van der Waals surface area contributed by atoms with Crippen LogP contribution in [0.5, 0.6) is 11.5 Å². The molecule has 1 atom stereocenters. The van der Waals surface area contributed by atoms with Crippen molar-refractivity contribution in [2.45, 2.75) is 12.5 Å². The van der Waals surface area contributed by atoms with Crippen molar-refractivity contribution in [3.05, 3.63) is 69.2 Å². The number of carbonyl (C=O) groups is 2. The largest absolute Gasteiger partial charge is 0.489 e. The van der Waals surface area contributed by atoms with Gasteiger partial charge in [-0.3, -0.25) is 9.59 Å². The zero-order valence-corrected chi connectivity index (χ0v) is 17.1. The van der Waals surface area contributed by atoms with E-state index in [1.807, 2.05) is 0 Å². The number of benzene rings is 2. The average molecular weight is 466 g/mol. The number of rotatable bonds is 1. The average Bonchev–Trinajstić information content (AvgIpc) is 2.65. The second-order valence-corrected chi connectivity index (χ2v) is 7.45. The Morgan fingerprint density at radius 2 is 1.79 bits per heavy atom. The molecule has 3 N–H and O–H groups in total. The fraction of sp³-hybridized carbons (Fsp3) is 0.200. The van der Waals surface area contributed by atoms with Gasteiger partial charge in [-0.1, -0.05) is 33.6 Å². The number of nitrogens with one attached hydrogen (secondary N) is 1. The maximum atomic E-state index is 12.8. The number of fused-ring (bicyclic) bond motifs is 9. The molecule has 28 heavy (non-hydrogen) atoms. The van der Waals surface area contributed by atoms with E-state index >= 15 is 0 Å². The third kappa shape index (κ3) is 5.05. The molecular weight excluding hydrogens is 448 g/mol. The van der Waals surface area contributed by atoms with Crippen LogP contribution in [0.15, 0.2) is 53.0 Å². The summed E-state index contributed by atoms with van der Waals surface area (Å²) in [6, 6.07) is 9.38. The van der Waals surface area contributed by atoms with Gasteiger partial charge < -0.3 is 20.5 Å². The molecule has 2 amide bonds. The molecule has 4 rings (SSSR count). The predicted molar refractivity (Wildman–Crippen MR) is 110 cm³/mol. The van der Waals surface area contributed by atoms with Gasteiger partial charge in [0.25, 0.3) is 5.91 Å². The summed E-state index contributed by atoms with van der Waals surface area (Å²) >= 11 is 9.60. The molecule has 2 heterocycles. The SMILES string of the molecule is NC(=O)C1Cc2ccc(c(Cl)c2)OCC=CCOc2ccc(Br)cc2C(=O)N1. The number of ether oxygens (including phenoxy) is 2. The summed E-state index contributed by atoms with van der Waals surface area (Å²) < 4.78 is 12.0. The van der Waals surface area contributed by atoms with Crippen LogP contribution < -0.4 is 20.5 Å². The van der Waals surface area contributed by atoms with Crippen molar-refractivity contribution >= 4 is 39.3 Å². The van der Waals surface area contributed by atoms with Gasteiger partial charge in [0.05, 0.1) is 10.6 Å². The fourth-order valence-corrected chi connectivity index (χ4v) is 3.32. The molecule has 0 aromatic heterocycles. The van der Waals surface area contributed by atoms with E-state index in [1.54, 1.807) is 48.6 Å². The van der Waals surface area contributed by atoms with Crippen molar-refractivity contribution in [1.29, 1.82) is 0 Å². The number of carbonyl (C=O) groups excluding carboxylic acids is 2. The maximum Gasteiger partial charge on any atom is 0.255 e. The van der Waals surface area contributed by atoms with Crippen LogP contribution in [0.3, 0.4) is 0 Å². The predicted octanol–water partition coefficient (Wildman–Crippen LogP) is 3.26. The molecule has 0 aliphatic carbocycles. The number of nitrogens with two attached hydrogens (primary N) is 1. The topological polar surface area (TPSA) is 90.7 Å². The lowest BCUT2D eigenvalue weighted by atomic mass is 10.0. The molecule has 8 heteroatoms. The lowest BCUT2D eigenvalue weighted by molar-refractivity contribution is -0.119. The molecular formula is C20H18BrClN2O4. The lowest BCUT2D eigenvalue weighted by Crippen LogP contribution is -2.46. The van der Waals surface area contributed by atoms with Crippen LogP contribution in [0, 0.1) is 0 Å². The molecule has 2 bridgehead atoms. The first-order chi connectivity index (χ1) is 13.4. The van der Waals surface area contributed by atoms with Gasteiger partial charge in [-0.2, -0.15) is 0 Å². The van der Waals surface area contributed by atoms with Gasteiger partial charge in [0.1, 0.15) is 30.8 Å². The Bertz CT molecular complexity index is 932. The van der Waals surface area contributed by atoms with Crippen molar-refractivity contribution in [2.24, 2.45) is 5.73 Å². The van der Waals surface area contributed by atoms with Gasteiger partial charge in [0, 0.05) is 10.9 Å². The Balaban J connectivity index is 1.96. The summed E-state index contributed by atoms with van der Waals surface area (Å²) in [6.45, 7) is 0.567. The molecule has 2 aromatic carbocycles. The van der Waals surface area contributed by atoms with E-state index in [-0.39, 0.29) is 13.0 Å². The zero-order chi connectivity index (χ0) is 20.1. The Hall–Kier alpha value is -2.51. The quantitative estimate of drug-likeness (QED) is 0.633. The molecule has 1 unspecified atom stereocenters. The number of hydrogen-bond acceptors (Lipinski definition) is 4. The highest BCUT2D eigenvalue weighted by atomic mass is 79.9. The molecule has 0 saturated carbocycles. The minimum atomic E-state index is -0.907. The first kappa shape index (κ1) is 20.2. The maximum absolute atomic E-state index is 12.8. The molecule has 0 radical (unpaired) electrons. The molecule has 6 nitrogen and oxygen atoms in total. The second-order valence-electron chi connectivity index (χ2n) is 6.13. The molecule has 2 aromatic rings. The summed E-state index contributed by atoms with van der Waals surface area (Å²) in [4.78, 5) is 24.7. The van der Waals surface area contributed by atoms with Gasteiger partial charge in [-0.25, -0.2) is 0 Å². The highest BCUT2D eigenvalue weighted by Crippen LogP contribution is 2.27. The van der Waals surface area contributed by atoms with E-state index < -0.39 is 17.9 Å². The zero-order valence-electron chi connectivity index (χ0n) is 14.8. The highest BCUT2D eigenvalue weighted by Gasteiger charge is 2.22. The molecule has 0 fully saturated rings. The first-order valence-electron chi connectivity index (χ1n) is 8.53. The number of halogens is 2. The van der Waals surface area contributed by atoms with Crippen LogP contribution in [0.2, 0.25) is 5.02 Å². The summed E-state index contributed by atoms with van der Waals surface area (Å²) in [5.74, 6) is -0.181. The van der Waals surface area contributed by atoms with E-state index in [9.17, 15) is 9.59 Å². The Labute approximate surface area is 175 Å². The fourth-order valence-electron chi connectivity index (χ4n) is 2.70. The number of hydrogen-bond donors (Lipinski definition) is 2. The molecule has 0 saturated heterocycles. The molecule has 146 valence electrons. The van der Waals surface area contributed by atoms with Gasteiger partial charge in [-0.05, 0) is 48.0 Å². The summed E-state index contributed by atoms with van der Waals surface area (Å²) in [5, 5.41) is 3.10. The summed E-state index contributed by atoms with van der Waals surface area (Å²) in [6.07, 6.45) is 3.78. The number of primary amides is 1. The highest BCUT2D eigenvalue weighted by molar-refractivity contribution is 9.10. The van der Waals surface area contributed by atoms with Gasteiger partial charge in [-0.15, -0.1) is 0 Å².